The predicted octanol–water partition coefficient (Wildman–Crippen LogP) is 5.16. The first kappa shape index (κ1) is 15.3. The molecule has 0 aliphatic carbocycles. The molecular formula is C13H13Cl3. The topological polar surface area (TPSA) is 0 Å². The monoisotopic (exact) mass is 274 g/mol. The molecule has 0 nitrogen and oxygen atoms in total. The summed E-state index contributed by atoms with van der Waals surface area (Å²) < 4.78 is 0. The van der Waals surface area contributed by atoms with Crippen LogP contribution in [-0.4, -0.2) is 0 Å². The third-order valence-corrected chi connectivity index (χ3v) is 2.55. The fourth-order valence-electron chi connectivity index (χ4n) is 1.53. The third-order valence-electron chi connectivity index (χ3n) is 2.30. The Hall–Kier alpha value is -0.690. The Kier molecular flexibility index (Phi) is 6.51. The van der Waals surface area contributed by atoms with Crippen LogP contribution in [0.15, 0.2) is 48.5 Å². The fraction of sp³-hybridized carbons (Fsp3) is 0.0769. The Morgan fingerprint density at radius 1 is 0.812 bits per heavy atom. The summed E-state index contributed by atoms with van der Waals surface area (Å²) in [4.78, 5) is 0. The fourth-order valence-corrected chi connectivity index (χ4v) is 1.65. The predicted molar refractivity (Wildman–Crippen MR) is 76.1 cm³/mol. The van der Waals surface area contributed by atoms with Gasteiger partial charge in [-0.05, 0) is 35.7 Å². The van der Waals surface area contributed by atoms with Crippen LogP contribution in [0.5, 0.6) is 0 Å². The van der Waals surface area contributed by atoms with Gasteiger partial charge >= 0.3 is 0 Å². The molecule has 0 atom stereocenters. The van der Waals surface area contributed by atoms with E-state index in [9.17, 15) is 0 Å². The van der Waals surface area contributed by atoms with Crippen molar-refractivity contribution in [3.05, 3.63) is 59.1 Å². The van der Waals surface area contributed by atoms with Crippen molar-refractivity contribution in [2.45, 2.75) is 6.92 Å². The summed E-state index contributed by atoms with van der Waals surface area (Å²) in [5.41, 5.74) is 3.77. The molecule has 0 aliphatic rings. The minimum atomic E-state index is 0. The second-order valence-corrected chi connectivity index (χ2v) is 3.76. The van der Waals surface area contributed by atoms with Gasteiger partial charge in [-0.25, -0.2) is 0 Å². The summed E-state index contributed by atoms with van der Waals surface area (Å²) in [6.07, 6.45) is 0. The smallest absolute Gasteiger partial charge is 0.0406 e. The van der Waals surface area contributed by atoms with Gasteiger partial charge in [0.15, 0.2) is 0 Å². The Morgan fingerprint density at radius 2 is 1.38 bits per heavy atom. The first-order valence-corrected chi connectivity index (χ1v) is 4.97. The maximum atomic E-state index is 5.84. The minimum absolute atomic E-state index is 0. The SMILES string of the molecule is Cc1ccccc1-c1ccc(Cl)cc1.Cl.Cl. The molecule has 0 heterocycles. The number of hydrogen-bond donors (Lipinski definition) is 0. The summed E-state index contributed by atoms with van der Waals surface area (Å²) in [7, 11) is 0. The van der Waals surface area contributed by atoms with Gasteiger partial charge in [0.2, 0.25) is 0 Å². The first-order valence-electron chi connectivity index (χ1n) is 4.59. The van der Waals surface area contributed by atoms with Crippen LogP contribution in [0.4, 0.5) is 0 Å². The lowest BCUT2D eigenvalue weighted by molar-refractivity contribution is 1.46. The third kappa shape index (κ3) is 3.41. The molecule has 0 spiro atoms. The Labute approximate surface area is 113 Å². The molecule has 0 amide bonds. The van der Waals surface area contributed by atoms with Gasteiger partial charge in [0.25, 0.3) is 0 Å². The average Bonchev–Trinajstić information content (AvgIpc) is 2.20. The minimum Gasteiger partial charge on any atom is -0.147 e. The van der Waals surface area contributed by atoms with Crippen LogP contribution in [0.1, 0.15) is 5.56 Å². The van der Waals surface area contributed by atoms with Crippen LogP contribution in [0, 0.1) is 6.92 Å². The standard InChI is InChI=1S/C13H11Cl.2ClH/c1-10-4-2-3-5-13(10)11-6-8-12(14)9-7-11;;/h2-9H,1H3;2*1H. The van der Waals surface area contributed by atoms with E-state index >= 15 is 0 Å². The van der Waals surface area contributed by atoms with Crippen LogP contribution in [0.3, 0.4) is 0 Å². The van der Waals surface area contributed by atoms with Gasteiger partial charge < -0.3 is 0 Å². The molecule has 2 aromatic carbocycles. The molecule has 2 rings (SSSR count). The molecule has 0 saturated heterocycles. The molecule has 16 heavy (non-hydrogen) atoms. The second kappa shape index (κ2) is 6.80. The van der Waals surface area contributed by atoms with E-state index in [-0.39, 0.29) is 24.8 Å². The average molecular weight is 276 g/mol. The summed E-state index contributed by atoms with van der Waals surface area (Å²) in [5, 5.41) is 0.780. The Bertz CT molecular complexity index is 435. The molecule has 0 radical (unpaired) electrons. The highest BCUT2D eigenvalue weighted by Crippen LogP contribution is 2.24. The van der Waals surface area contributed by atoms with Crippen molar-refractivity contribution in [1.82, 2.24) is 0 Å². The lowest BCUT2D eigenvalue weighted by Crippen LogP contribution is -1.81. The number of hydrogen-bond acceptors (Lipinski definition) is 0. The Morgan fingerprint density at radius 3 is 1.94 bits per heavy atom. The van der Waals surface area contributed by atoms with Crippen LogP contribution in [0.25, 0.3) is 11.1 Å². The molecule has 0 bridgehead atoms. The van der Waals surface area contributed by atoms with Crippen LogP contribution >= 0.6 is 36.4 Å². The first-order chi connectivity index (χ1) is 6.77. The highest BCUT2D eigenvalue weighted by Gasteiger charge is 1.99. The maximum absolute atomic E-state index is 5.84. The highest BCUT2D eigenvalue weighted by atomic mass is 35.5. The number of benzene rings is 2. The number of halogens is 3. The molecule has 0 saturated carbocycles. The zero-order valence-electron chi connectivity index (χ0n) is 8.81. The van der Waals surface area contributed by atoms with Crippen LogP contribution < -0.4 is 0 Å². The normalized spacial score (nSPS) is 8.88. The lowest BCUT2D eigenvalue weighted by Gasteiger charge is -2.05. The molecule has 86 valence electrons. The number of aryl methyl sites for hydroxylation is 1. The molecule has 2 aromatic rings. The van der Waals surface area contributed by atoms with E-state index in [4.69, 9.17) is 11.6 Å². The summed E-state index contributed by atoms with van der Waals surface area (Å²) >= 11 is 5.84. The van der Waals surface area contributed by atoms with E-state index in [0.29, 0.717) is 0 Å². The van der Waals surface area contributed by atoms with Gasteiger partial charge in [-0.2, -0.15) is 0 Å². The van der Waals surface area contributed by atoms with E-state index in [1.165, 1.54) is 16.7 Å². The quantitative estimate of drug-likeness (QED) is 0.674. The van der Waals surface area contributed by atoms with Gasteiger partial charge in [-0.1, -0.05) is 48.0 Å². The van der Waals surface area contributed by atoms with E-state index in [1.54, 1.807) is 0 Å². The van der Waals surface area contributed by atoms with Crippen molar-refractivity contribution in [1.29, 1.82) is 0 Å². The van der Waals surface area contributed by atoms with Crippen molar-refractivity contribution in [3.63, 3.8) is 0 Å². The van der Waals surface area contributed by atoms with E-state index in [2.05, 4.69) is 31.2 Å². The molecule has 0 fully saturated rings. The molecule has 0 aliphatic heterocycles. The Balaban J connectivity index is 0.00000112. The van der Waals surface area contributed by atoms with Gasteiger partial charge in [0, 0.05) is 5.02 Å². The molecule has 0 N–H and O–H groups in total. The van der Waals surface area contributed by atoms with E-state index < -0.39 is 0 Å². The van der Waals surface area contributed by atoms with Gasteiger partial charge in [0.1, 0.15) is 0 Å². The van der Waals surface area contributed by atoms with E-state index in [0.717, 1.165) is 5.02 Å². The van der Waals surface area contributed by atoms with Gasteiger partial charge in [-0.3, -0.25) is 0 Å². The molecular weight excluding hydrogens is 263 g/mol. The van der Waals surface area contributed by atoms with E-state index in [1.807, 2.05) is 24.3 Å². The maximum Gasteiger partial charge on any atom is 0.0406 e. The van der Waals surface area contributed by atoms with Crippen molar-refractivity contribution in [2.24, 2.45) is 0 Å². The lowest BCUT2D eigenvalue weighted by atomic mass is 10.0. The number of rotatable bonds is 1. The van der Waals surface area contributed by atoms with Crippen molar-refractivity contribution in [3.8, 4) is 11.1 Å². The summed E-state index contributed by atoms with van der Waals surface area (Å²) in [5.74, 6) is 0. The zero-order valence-corrected chi connectivity index (χ0v) is 11.2. The highest BCUT2D eigenvalue weighted by molar-refractivity contribution is 6.30. The van der Waals surface area contributed by atoms with Crippen LogP contribution in [-0.2, 0) is 0 Å². The summed E-state index contributed by atoms with van der Waals surface area (Å²) in [6, 6.07) is 16.3. The van der Waals surface area contributed by atoms with Crippen molar-refractivity contribution in [2.75, 3.05) is 0 Å². The van der Waals surface area contributed by atoms with Crippen molar-refractivity contribution >= 4 is 36.4 Å². The molecule has 0 aromatic heterocycles. The van der Waals surface area contributed by atoms with Crippen molar-refractivity contribution < 1.29 is 0 Å². The van der Waals surface area contributed by atoms with Gasteiger partial charge in [-0.15, -0.1) is 24.8 Å². The van der Waals surface area contributed by atoms with Gasteiger partial charge in [0.05, 0.1) is 0 Å². The summed E-state index contributed by atoms with van der Waals surface area (Å²) in [6.45, 7) is 2.12. The molecule has 0 unspecified atom stereocenters. The molecule has 3 heteroatoms. The second-order valence-electron chi connectivity index (χ2n) is 3.32. The zero-order chi connectivity index (χ0) is 9.97. The van der Waals surface area contributed by atoms with Crippen LogP contribution in [0.2, 0.25) is 5.02 Å². The largest absolute Gasteiger partial charge is 0.147 e.